The SMILES string of the molecule is CC(=O)OC(C)(C)N=Nc1ccccc1. The Morgan fingerprint density at radius 3 is 2.40 bits per heavy atom. The molecule has 0 aliphatic rings. The minimum Gasteiger partial charge on any atom is -0.436 e. The van der Waals surface area contributed by atoms with Crippen LogP contribution in [0.5, 0.6) is 0 Å². The fourth-order valence-electron chi connectivity index (χ4n) is 1.04. The van der Waals surface area contributed by atoms with E-state index in [1.54, 1.807) is 13.8 Å². The maximum Gasteiger partial charge on any atom is 0.304 e. The summed E-state index contributed by atoms with van der Waals surface area (Å²) in [5, 5.41) is 7.93. The van der Waals surface area contributed by atoms with E-state index in [4.69, 9.17) is 4.74 Å². The van der Waals surface area contributed by atoms with Gasteiger partial charge in [-0.1, -0.05) is 18.2 Å². The van der Waals surface area contributed by atoms with Crippen LogP contribution >= 0.6 is 0 Å². The Bertz CT molecular complexity index is 358. The van der Waals surface area contributed by atoms with Gasteiger partial charge in [0.15, 0.2) is 0 Å². The van der Waals surface area contributed by atoms with Crippen molar-refractivity contribution in [3.8, 4) is 0 Å². The molecule has 1 aromatic carbocycles. The average molecular weight is 206 g/mol. The number of carbonyl (C=O) groups excluding carboxylic acids is 1. The van der Waals surface area contributed by atoms with Gasteiger partial charge < -0.3 is 4.74 Å². The van der Waals surface area contributed by atoms with Gasteiger partial charge in [-0.2, -0.15) is 5.11 Å². The first-order valence-electron chi connectivity index (χ1n) is 4.67. The van der Waals surface area contributed by atoms with Crippen molar-refractivity contribution in [2.24, 2.45) is 10.2 Å². The Morgan fingerprint density at radius 2 is 1.87 bits per heavy atom. The molecule has 0 aliphatic heterocycles. The molecule has 0 radical (unpaired) electrons. The zero-order valence-electron chi connectivity index (χ0n) is 9.10. The van der Waals surface area contributed by atoms with Gasteiger partial charge in [-0.05, 0) is 26.0 Å². The molecule has 0 saturated carbocycles. The number of hydrogen-bond acceptors (Lipinski definition) is 4. The lowest BCUT2D eigenvalue weighted by Crippen LogP contribution is -2.23. The largest absolute Gasteiger partial charge is 0.436 e. The van der Waals surface area contributed by atoms with E-state index in [0.29, 0.717) is 0 Å². The van der Waals surface area contributed by atoms with Crippen LogP contribution in [0.3, 0.4) is 0 Å². The quantitative estimate of drug-likeness (QED) is 0.563. The molecule has 0 bridgehead atoms. The maximum absolute atomic E-state index is 10.7. The van der Waals surface area contributed by atoms with Crippen LogP contribution in [0.25, 0.3) is 0 Å². The molecule has 0 spiro atoms. The Morgan fingerprint density at radius 1 is 1.27 bits per heavy atom. The fourth-order valence-corrected chi connectivity index (χ4v) is 1.04. The number of hydrogen-bond donors (Lipinski definition) is 0. The first-order chi connectivity index (χ1) is 6.99. The van der Waals surface area contributed by atoms with Crippen molar-refractivity contribution in [1.82, 2.24) is 0 Å². The molecule has 0 unspecified atom stereocenters. The minimum atomic E-state index is -0.915. The Labute approximate surface area is 89.0 Å². The summed E-state index contributed by atoms with van der Waals surface area (Å²) in [6.45, 7) is 4.71. The van der Waals surface area contributed by atoms with Crippen molar-refractivity contribution in [2.45, 2.75) is 26.5 Å². The molecule has 0 amide bonds. The van der Waals surface area contributed by atoms with Crippen molar-refractivity contribution in [3.63, 3.8) is 0 Å². The number of azo groups is 1. The molecule has 4 nitrogen and oxygen atoms in total. The van der Waals surface area contributed by atoms with Crippen molar-refractivity contribution in [3.05, 3.63) is 30.3 Å². The van der Waals surface area contributed by atoms with Crippen LogP contribution in [0.1, 0.15) is 20.8 Å². The van der Waals surface area contributed by atoms with E-state index in [1.165, 1.54) is 6.92 Å². The molecule has 0 fully saturated rings. The third-order valence-electron chi connectivity index (χ3n) is 1.56. The van der Waals surface area contributed by atoms with Gasteiger partial charge in [0.25, 0.3) is 0 Å². The van der Waals surface area contributed by atoms with Crippen LogP contribution in [0.15, 0.2) is 40.6 Å². The highest BCUT2D eigenvalue weighted by Crippen LogP contribution is 2.17. The number of carbonyl (C=O) groups is 1. The Kier molecular flexibility index (Phi) is 3.55. The van der Waals surface area contributed by atoms with Crippen LogP contribution in [-0.2, 0) is 9.53 Å². The van der Waals surface area contributed by atoms with Gasteiger partial charge in [0, 0.05) is 6.92 Å². The zero-order chi connectivity index (χ0) is 11.3. The molecule has 80 valence electrons. The van der Waals surface area contributed by atoms with Gasteiger partial charge in [-0.3, -0.25) is 4.79 Å². The summed E-state index contributed by atoms with van der Waals surface area (Å²) in [5.41, 5.74) is -0.181. The maximum atomic E-state index is 10.7. The van der Waals surface area contributed by atoms with E-state index in [2.05, 4.69) is 10.2 Å². The highest BCUT2D eigenvalue weighted by atomic mass is 16.6. The third kappa shape index (κ3) is 4.35. The van der Waals surface area contributed by atoms with E-state index < -0.39 is 5.72 Å². The molecule has 0 saturated heterocycles. The summed E-state index contributed by atoms with van der Waals surface area (Å²) < 4.78 is 4.96. The molecule has 0 heterocycles. The molecule has 1 aromatic rings. The van der Waals surface area contributed by atoms with E-state index in [0.717, 1.165) is 5.69 Å². The molecule has 15 heavy (non-hydrogen) atoms. The number of ether oxygens (including phenoxy) is 1. The first-order valence-corrected chi connectivity index (χ1v) is 4.67. The van der Waals surface area contributed by atoms with E-state index in [9.17, 15) is 4.79 Å². The lowest BCUT2D eigenvalue weighted by molar-refractivity contribution is -0.153. The molecule has 0 N–H and O–H groups in total. The van der Waals surface area contributed by atoms with Gasteiger partial charge >= 0.3 is 5.97 Å². The van der Waals surface area contributed by atoms with E-state index >= 15 is 0 Å². The predicted molar refractivity (Wildman–Crippen MR) is 56.8 cm³/mol. The predicted octanol–water partition coefficient (Wildman–Crippen LogP) is 3.07. The topological polar surface area (TPSA) is 51.0 Å². The van der Waals surface area contributed by atoms with Crippen molar-refractivity contribution < 1.29 is 9.53 Å². The van der Waals surface area contributed by atoms with Gasteiger partial charge in [0.1, 0.15) is 0 Å². The summed E-state index contributed by atoms with van der Waals surface area (Å²) in [6.07, 6.45) is 0. The smallest absolute Gasteiger partial charge is 0.304 e. The van der Waals surface area contributed by atoms with Crippen LogP contribution in [0.4, 0.5) is 5.69 Å². The van der Waals surface area contributed by atoms with Gasteiger partial charge in [-0.15, -0.1) is 5.11 Å². The highest BCUT2D eigenvalue weighted by Gasteiger charge is 2.19. The average Bonchev–Trinajstić information content (AvgIpc) is 2.15. The van der Waals surface area contributed by atoms with Crippen LogP contribution < -0.4 is 0 Å². The van der Waals surface area contributed by atoms with Crippen molar-refractivity contribution in [2.75, 3.05) is 0 Å². The van der Waals surface area contributed by atoms with Crippen molar-refractivity contribution >= 4 is 11.7 Å². The summed E-state index contributed by atoms with van der Waals surface area (Å²) in [5.74, 6) is -0.369. The minimum absolute atomic E-state index is 0.369. The summed E-state index contributed by atoms with van der Waals surface area (Å²) in [7, 11) is 0. The Hall–Kier alpha value is -1.71. The van der Waals surface area contributed by atoms with Crippen molar-refractivity contribution in [1.29, 1.82) is 0 Å². The van der Waals surface area contributed by atoms with E-state index in [-0.39, 0.29) is 5.97 Å². The third-order valence-corrected chi connectivity index (χ3v) is 1.56. The molecule has 0 aliphatic carbocycles. The number of rotatable bonds is 3. The molecule has 0 aromatic heterocycles. The molecular formula is C11H14N2O2. The Balaban J connectivity index is 2.68. The molecule has 4 heteroatoms. The van der Waals surface area contributed by atoms with Gasteiger partial charge in [0.05, 0.1) is 5.69 Å². The number of nitrogens with zero attached hydrogens (tertiary/aromatic N) is 2. The van der Waals surface area contributed by atoms with Gasteiger partial charge in [0.2, 0.25) is 5.72 Å². The number of esters is 1. The summed E-state index contributed by atoms with van der Waals surface area (Å²) >= 11 is 0. The molecule has 1 rings (SSSR count). The summed E-state index contributed by atoms with van der Waals surface area (Å²) in [4.78, 5) is 10.7. The van der Waals surface area contributed by atoms with E-state index in [1.807, 2.05) is 30.3 Å². The first kappa shape index (κ1) is 11.4. The lowest BCUT2D eigenvalue weighted by Gasteiger charge is -2.17. The normalized spacial score (nSPS) is 11.7. The zero-order valence-corrected chi connectivity index (χ0v) is 9.10. The highest BCUT2D eigenvalue weighted by molar-refractivity contribution is 5.66. The fraction of sp³-hybridized carbons (Fsp3) is 0.364. The van der Waals surface area contributed by atoms with Gasteiger partial charge in [-0.25, -0.2) is 0 Å². The second kappa shape index (κ2) is 4.68. The molecular weight excluding hydrogens is 192 g/mol. The monoisotopic (exact) mass is 206 g/mol. The van der Waals surface area contributed by atoms with Crippen LogP contribution in [0, 0.1) is 0 Å². The van der Waals surface area contributed by atoms with Crippen LogP contribution in [0.2, 0.25) is 0 Å². The number of benzene rings is 1. The lowest BCUT2D eigenvalue weighted by atomic mass is 10.3. The summed E-state index contributed by atoms with van der Waals surface area (Å²) in [6, 6.07) is 9.29. The molecule has 0 atom stereocenters. The standard InChI is InChI=1S/C11H14N2O2/c1-9(14)15-11(2,3)13-12-10-7-5-4-6-8-10/h4-8H,1-3H3. The second-order valence-corrected chi connectivity index (χ2v) is 3.58. The van der Waals surface area contributed by atoms with Crippen LogP contribution in [-0.4, -0.2) is 11.7 Å². The second-order valence-electron chi connectivity index (χ2n) is 3.58.